The summed E-state index contributed by atoms with van der Waals surface area (Å²) < 4.78 is 45.4. The highest BCUT2D eigenvalue weighted by molar-refractivity contribution is 7.89. The Bertz CT molecular complexity index is 872. The molecule has 0 aliphatic carbocycles. The normalized spacial score (nSPS) is 11.1. The molecule has 0 spiro atoms. The summed E-state index contributed by atoms with van der Waals surface area (Å²) in [5.41, 5.74) is 0.398. The molecule has 27 heavy (non-hydrogen) atoms. The Morgan fingerprint density at radius 1 is 1.11 bits per heavy atom. The van der Waals surface area contributed by atoms with Crippen LogP contribution in [-0.4, -0.2) is 46.6 Å². The molecule has 0 aliphatic rings. The second-order valence-corrected chi connectivity index (χ2v) is 7.52. The second kappa shape index (κ2) is 9.33. The molecule has 2 aromatic carbocycles. The highest BCUT2D eigenvalue weighted by atomic mass is 32.2. The van der Waals surface area contributed by atoms with Crippen molar-refractivity contribution in [2.75, 3.05) is 27.2 Å². The molecule has 2 N–H and O–H groups in total. The van der Waals surface area contributed by atoms with Gasteiger partial charge in [0.1, 0.15) is 11.6 Å². The first-order valence-electron chi connectivity index (χ1n) is 8.19. The summed E-state index contributed by atoms with van der Waals surface area (Å²) in [5.74, 6) is 0.170. The number of hydrogen-bond donors (Lipinski definition) is 2. The van der Waals surface area contributed by atoms with Crippen molar-refractivity contribution in [3.05, 3.63) is 59.9 Å². The Hall–Kier alpha value is -2.65. The molecule has 0 atom stereocenters. The summed E-state index contributed by atoms with van der Waals surface area (Å²) >= 11 is 0. The van der Waals surface area contributed by atoms with E-state index in [2.05, 4.69) is 10.0 Å². The minimum absolute atomic E-state index is 0.0215. The Labute approximate surface area is 158 Å². The number of hydrogen-bond acceptors (Lipinski definition) is 4. The van der Waals surface area contributed by atoms with Crippen LogP contribution < -0.4 is 14.8 Å². The summed E-state index contributed by atoms with van der Waals surface area (Å²) in [7, 11) is -0.653. The van der Waals surface area contributed by atoms with Crippen LogP contribution >= 0.6 is 0 Å². The Kier molecular flexibility index (Phi) is 7.14. The zero-order chi connectivity index (χ0) is 19.9. The number of methoxy groups -OCH3 is 1. The molecule has 0 bridgehead atoms. The SMILES string of the molecule is COc1ccc(S(=O)(=O)NCCNC(=O)N(C)Cc2ccccc2F)cc1. The number of nitrogens with one attached hydrogen (secondary N) is 2. The van der Waals surface area contributed by atoms with E-state index in [0.717, 1.165) is 0 Å². The van der Waals surface area contributed by atoms with Crippen LogP contribution in [0.4, 0.5) is 9.18 Å². The fourth-order valence-electron chi connectivity index (χ4n) is 2.28. The topological polar surface area (TPSA) is 87.7 Å². The molecule has 0 saturated heterocycles. The van der Waals surface area contributed by atoms with Crippen molar-refractivity contribution in [2.45, 2.75) is 11.4 Å². The van der Waals surface area contributed by atoms with E-state index in [1.54, 1.807) is 30.3 Å². The van der Waals surface area contributed by atoms with Crippen molar-refractivity contribution in [2.24, 2.45) is 0 Å². The first kappa shape index (κ1) is 20.7. The lowest BCUT2D eigenvalue weighted by atomic mass is 10.2. The Balaban J connectivity index is 1.79. The maximum Gasteiger partial charge on any atom is 0.317 e. The molecule has 7 nitrogen and oxygen atoms in total. The van der Waals surface area contributed by atoms with Crippen LogP contribution in [0.1, 0.15) is 5.56 Å². The molecule has 0 aliphatic heterocycles. The van der Waals surface area contributed by atoms with Crippen LogP contribution in [0.5, 0.6) is 5.75 Å². The van der Waals surface area contributed by atoms with Gasteiger partial charge in [-0.2, -0.15) is 0 Å². The lowest BCUT2D eigenvalue weighted by Gasteiger charge is -2.18. The van der Waals surface area contributed by atoms with Crippen LogP contribution in [0.15, 0.2) is 53.4 Å². The van der Waals surface area contributed by atoms with E-state index in [-0.39, 0.29) is 30.3 Å². The summed E-state index contributed by atoms with van der Waals surface area (Å²) in [4.78, 5) is 13.4. The highest BCUT2D eigenvalue weighted by Gasteiger charge is 2.14. The molecule has 0 heterocycles. The fraction of sp³-hybridized carbons (Fsp3) is 0.278. The molecule has 0 fully saturated rings. The van der Waals surface area contributed by atoms with E-state index in [4.69, 9.17) is 4.74 Å². The lowest BCUT2D eigenvalue weighted by molar-refractivity contribution is 0.206. The number of sulfonamides is 1. The number of carbonyl (C=O) groups is 1. The average molecular weight is 395 g/mol. The number of halogens is 1. The quantitative estimate of drug-likeness (QED) is 0.669. The maximum atomic E-state index is 13.6. The van der Waals surface area contributed by atoms with Gasteiger partial charge in [-0.3, -0.25) is 0 Å². The number of ether oxygens (including phenoxy) is 1. The van der Waals surface area contributed by atoms with Crippen LogP contribution in [-0.2, 0) is 16.6 Å². The average Bonchev–Trinajstić information content (AvgIpc) is 2.66. The molecule has 146 valence electrons. The minimum Gasteiger partial charge on any atom is -0.497 e. The first-order chi connectivity index (χ1) is 12.8. The summed E-state index contributed by atoms with van der Waals surface area (Å²) in [5, 5.41) is 2.58. The molecule has 0 saturated carbocycles. The minimum atomic E-state index is -3.68. The van der Waals surface area contributed by atoms with Gasteiger partial charge < -0.3 is 15.0 Å². The van der Waals surface area contributed by atoms with E-state index in [0.29, 0.717) is 11.3 Å². The lowest BCUT2D eigenvalue weighted by Crippen LogP contribution is -2.41. The number of nitrogens with zero attached hydrogens (tertiary/aromatic N) is 1. The highest BCUT2D eigenvalue weighted by Crippen LogP contribution is 2.15. The number of rotatable bonds is 8. The largest absolute Gasteiger partial charge is 0.497 e. The standard InChI is InChI=1S/C18H22FN3O4S/c1-22(13-14-5-3-4-6-17(14)19)18(23)20-11-12-21-27(24,25)16-9-7-15(26-2)8-10-16/h3-10,21H,11-13H2,1-2H3,(H,20,23). The van der Waals surface area contributed by atoms with Gasteiger partial charge in [0.05, 0.1) is 12.0 Å². The van der Waals surface area contributed by atoms with Gasteiger partial charge in [-0.1, -0.05) is 18.2 Å². The molecular formula is C18H22FN3O4S. The van der Waals surface area contributed by atoms with Crippen molar-refractivity contribution in [3.8, 4) is 5.75 Å². The van der Waals surface area contributed by atoms with Gasteiger partial charge >= 0.3 is 6.03 Å². The fourth-order valence-corrected chi connectivity index (χ4v) is 3.31. The molecule has 2 aromatic rings. The zero-order valence-electron chi connectivity index (χ0n) is 15.1. The second-order valence-electron chi connectivity index (χ2n) is 5.75. The Morgan fingerprint density at radius 3 is 2.41 bits per heavy atom. The van der Waals surface area contributed by atoms with Crippen molar-refractivity contribution in [1.29, 1.82) is 0 Å². The van der Waals surface area contributed by atoms with E-state index in [1.807, 2.05) is 0 Å². The third-order valence-corrected chi connectivity index (χ3v) is 5.25. The number of urea groups is 1. The third-order valence-electron chi connectivity index (χ3n) is 3.78. The van der Waals surface area contributed by atoms with Gasteiger partial charge in [0.25, 0.3) is 0 Å². The van der Waals surface area contributed by atoms with Crippen LogP contribution in [0.3, 0.4) is 0 Å². The number of benzene rings is 2. The number of carbonyl (C=O) groups excluding carboxylic acids is 1. The number of amides is 2. The molecule has 0 unspecified atom stereocenters. The van der Waals surface area contributed by atoms with Crippen LogP contribution in [0, 0.1) is 5.82 Å². The van der Waals surface area contributed by atoms with Gasteiger partial charge in [0.2, 0.25) is 10.0 Å². The summed E-state index contributed by atoms with van der Waals surface area (Å²) in [6.45, 7) is 0.222. The molecule has 0 radical (unpaired) electrons. The van der Waals surface area contributed by atoms with E-state index < -0.39 is 16.1 Å². The smallest absolute Gasteiger partial charge is 0.317 e. The van der Waals surface area contributed by atoms with Gasteiger partial charge in [0.15, 0.2) is 0 Å². The van der Waals surface area contributed by atoms with Gasteiger partial charge in [-0.15, -0.1) is 0 Å². The molecule has 9 heteroatoms. The zero-order valence-corrected chi connectivity index (χ0v) is 15.9. The maximum absolute atomic E-state index is 13.6. The third kappa shape index (κ3) is 5.93. The molecule has 2 amide bonds. The molecular weight excluding hydrogens is 373 g/mol. The van der Waals surface area contributed by atoms with Crippen LogP contribution in [0.25, 0.3) is 0 Å². The van der Waals surface area contributed by atoms with Crippen LogP contribution in [0.2, 0.25) is 0 Å². The van der Waals surface area contributed by atoms with Gasteiger partial charge in [-0.25, -0.2) is 22.3 Å². The van der Waals surface area contributed by atoms with E-state index in [1.165, 1.54) is 37.3 Å². The van der Waals surface area contributed by atoms with Crippen molar-refractivity contribution < 1.29 is 22.3 Å². The van der Waals surface area contributed by atoms with E-state index in [9.17, 15) is 17.6 Å². The first-order valence-corrected chi connectivity index (χ1v) is 9.68. The van der Waals surface area contributed by atoms with Crippen molar-refractivity contribution in [1.82, 2.24) is 14.9 Å². The van der Waals surface area contributed by atoms with Crippen molar-refractivity contribution >= 4 is 16.1 Å². The monoisotopic (exact) mass is 395 g/mol. The molecule has 2 rings (SSSR count). The van der Waals surface area contributed by atoms with Gasteiger partial charge in [-0.05, 0) is 30.3 Å². The summed E-state index contributed by atoms with van der Waals surface area (Å²) in [6, 6.07) is 11.7. The summed E-state index contributed by atoms with van der Waals surface area (Å²) in [6.07, 6.45) is 0. The Morgan fingerprint density at radius 2 is 1.78 bits per heavy atom. The van der Waals surface area contributed by atoms with Crippen molar-refractivity contribution in [3.63, 3.8) is 0 Å². The van der Waals surface area contributed by atoms with Gasteiger partial charge in [0, 0.05) is 32.2 Å². The predicted molar refractivity (Wildman–Crippen MR) is 99.4 cm³/mol. The predicted octanol–water partition coefficient (Wildman–Crippen LogP) is 1.95. The van der Waals surface area contributed by atoms with E-state index >= 15 is 0 Å². The molecule has 0 aromatic heterocycles.